The topological polar surface area (TPSA) is 26.0 Å². The summed E-state index contributed by atoms with van der Waals surface area (Å²) < 4.78 is 61.6. The highest BCUT2D eigenvalue weighted by Gasteiger charge is 2.62. The molecule has 8 heteroatoms. The van der Waals surface area contributed by atoms with Crippen molar-refractivity contribution in [3.05, 3.63) is 21.9 Å². The number of hydrogen-bond acceptors (Lipinski definition) is 2. The molecule has 16 heavy (non-hydrogen) atoms. The van der Waals surface area contributed by atoms with Gasteiger partial charge in [-0.2, -0.15) is 22.0 Å². The van der Waals surface area contributed by atoms with Crippen LogP contribution in [-0.4, -0.2) is 12.1 Å². The van der Waals surface area contributed by atoms with Gasteiger partial charge in [0.15, 0.2) is 0 Å². The molecule has 1 aromatic rings. The van der Waals surface area contributed by atoms with Gasteiger partial charge >= 0.3 is 12.1 Å². The highest BCUT2D eigenvalue weighted by atomic mass is 35.5. The number of alkyl halides is 5. The maximum atomic E-state index is 12.8. The molecule has 0 aliphatic rings. The summed E-state index contributed by atoms with van der Waals surface area (Å²) in [7, 11) is 0. The van der Waals surface area contributed by atoms with Gasteiger partial charge in [0.1, 0.15) is 6.04 Å². The summed E-state index contributed by atoms with van der Waals surface area (Å²) in [5, 5.41) is 1.43. The minimum Gasteiger partial charge on any atom is -0.318 e. The van der Waals surface area contributed by atoms with Gasteiger partial charge in [0, 0.05) is 4.88 Å². The highest BCUT2D eigenvalue weighted by Crippen LogP contribution is 2.44. The van der Waals surface area contributed by atoms with Crippen LogP contribution in [0, 0.1) is 6.92 Å². The molecule has 0 aliphatic carbocycles. The first-order chi connectivity index (χ1) is 6.68. The largest absolute Gasteiger partial charge is 0.455 e. The molecule has 1 atom stereocenters. The Labute approximate surface area is 98.9 Å². The number of aryl methyl sites for hydroxylation is 1. The average Bonchev–Trinajstić information content (AvgIpc) is 2.48. The summed E-state index contributed by atoms with van der Waals surface area (Å²) in [6.45, 7) is 1.44. The lowest BCUT2D eigenvalue weighted by atomic mass is 10.1. The van der Waals surface area contributed by atoms with Crippen molar-refractivity contribution in [2.45, 2.75) is 25.1 Å². The predicted octanol–water partition coefficient (Wildman–Crippen LogP) is 3.68. The smallest absolute Gasteiger partial charge is 0.318 e. The molecule has 1 heterocycles. The van der Waals surface area contributed by atoms with Gasteiger partial charge in [0.25, 0.3) is 0 Å². The Bertz CT molecular complexity index is 348. The Balaban J connectivity index is 0.00000225. The molecule has 0 saturated carbocycles. The molecule has 0 bridgehead atoms. The second kappa shape index (κ2) is 4.85. The second-order valence-corrected chi connectivity index (χ2v) is 4.01. The molecular formula is C8H9ClF5NS. The Morgan fingerprint density at radius 1 is 1.25 bits per heavy atom. The summed E-state index contributed by atoms with van der Waals surface area (Å²) >= 11 is 0.796. The lowest BCUT2D eigenvalue weighted by Crippen LogP contribution is -2.45. The van der Waals surface area contributed by atoms with Crippen molar-refractivity contribution >= 4 is 23.7 Å². The maximum absolute atomic E-state index is 12.8. The van der Waals surface area contributed by atoms with Crippen LogP contribution in [0.2, 0.25) is 0 Å². The average molecular weight is 282 g/mol. The van der Waals surface area contributed by atoms with Crippen molar-refractivity contribution in [3.63, 3.8) is 0 Å². The van der Waals surface area contributed by atoms with E-state index >= 15 is 0 Å². The van der Waals surface area contributed by atoms with E-state index in [0.717, 1.165) is 11.3 Å². The first-order valence-electron chi connectivity index (χ1n) is 3.92. The summed E-state index contributed by atoms with van der Waals surface area (Å²) in [6, 6.07) is -0.885. The fourth-order valence-electron chi connectivity index (χ4n) is 1.04. The molecule has 0 saturated heterocycles. The zero-order valence-electron chi connectivity index (χ0n) is 8.02. The van der Waals surface area contributed by atoms with Crippen LogP contribution in [0.1, 0.15) is 16.5 Å². The van der Waals surface area contributed by atoms with Gasteiger partial charge in [0.05, 0.1) is 0 Å². The third kappa shape index (κ3) is 2.64. The molecule has 0 aliphatic heterocycles. The monoisotopic (exact) mass is 281 g/mol. The number of hydrogen-bond donors (Lipinski definition) is 1. The van der Waals surface area contributed by atoms with Crippen LogP contribution in [0.25, 0.3) is 0 Å². The zero-order valence-corrected chi connectivity index (χ0v) is 9.65. The van der Waals surface area contributed by atoms with Crippen molar-refractivity contribution in [1.29, 1.82) is 0 Å². The Morgan fingerprint density at radius 3 is 2.06 bits per heavy atom. The number of nitrogens with two attached hydrogens (primary N) is 1. The van der Waals surface area contributed by atoms with Crippen molar-refractivity contribution in [1.82, 2.24) is 0 Å². The highest BCUT2D eigenvalue weighted by molar-refractivity contribution is 7.10. The molecule has 0 aromatic carbocycles. The first kappa shape index (κ1) is 15.6. The van der Waals surface area contributed by atoms with Crippen LogP contribution < -0.4 is 5.73 Å². The number of thiophene rings is 1. The lowest BCUT2D eigenvalue weighted by Gasteiger charge is -2.25. The summed E-state index contributed by atoms with van der Waals surface area (Å²) in [4.78, 5) is -0.141. The van der Waals surface area contributed by atoms with E-state index in [1.165, 1.54) is 18.4 Å². The lowest BCUT2D eigenvalue weighted by molar-refractivity contribution is -0.290. The quantitative estimate of drug-likeness (QED) is 0.822. The number of halogens is 6. The van der Waals surface area contributed by atoms with E-state index in [4.69, 9.17) is 5.73 Å². The van der Waals surface area contributed by atoms with Gasteiger partial charge in [0.2, 0.25) is 0 Å². The first-order valence-corrected chi connectivity index (χ1v) is 4.80. The number of rotatable bonds is 2. The van der Waals surface area contributed by atoms with E-state index in [1.807, 2.05) is 0 Å². The van der Waals surface area contributed by atoms with E-state index in [-0.39, 0.29) is 17.3 Å². The second-order valence-electron chi connectivity index (χ2n) is 3.07. The molecule has 1 aromatic heterocycles. The van der Waals surface area contributed by atoms with Crippen molar-refractivity contribution in [2.75, 3.05) is 0 Å². The van der Waals surface area contributed by atoms with E-state index < -0.39 is 18.1 Å². The van der Waals surface area contributed by atoms with Crippen LogP contribution in [0.5, 0.6) is 0 Å². The van der Waals surface area contributed by atoms with Gasteiger partial charge in [-0.1, -0.05) is 0 Å². The molecule has 0 amide bonds. The normalized spacial score (nSPS) is 14.4. The minimum absolute atomic E-state index is 0. The summed E-state index contributed by atoms with van der Waals surface area (Å²) in [5.41, 5.74) is 5.29. The van der Waals surface area contributed by atoms with Gasteiger partial charge in [-0.15, -0.1) is 23.7 Å². The SMILES string of the molecule is Cc1ccsc1[C@H](N)C(F)(F)C(F)(F)F.Cl. The van der Waals surface area contributed by atoms with E-state index in [0.29, 0.717) is 5.56 Å². The van der Waals surface area contributed by atoms with Crippen molar-refractivity contribution in [2.24, 2.45) is 5.73 Å². The van der Waals surface area contributed by atoms with E-state index in [9.17, 15) is 22.0 Å². The van der Waals surface area contributed by atoms with Crippen LogP contribution in [0.15, 0.2) is 11.4 Å². The van der Waals surface area contributed by atoms with Crippen molar-refractivity contribution in [3.8, 4) is 0 Å². The molecule has 0 fully saturated rings. The third-order valence-electron chi connectivity index (χ3n) is 1.95. The van der Waals surface area contributed by atoms with Crippen LogP contribution in [0.3, 0.4) is 0 Å². The van der Waals surface area contributed by atoms with Gasteiger partial charge in [-0.05, 0) is 23.9 Å². The maximum Gasteiger partial charge on any atom is 0.455 e. The Hall–Kier alpha value is -0.400. The van der Waals surface area contributed by atoms with Crippen molar-refractivity contribution < 1.29 is 22.0 Å². The molecule has 1 nitrogen and oxygen atoms in total. The van der Waals surface area contributed by atoms with Crippen LogP contribution in [-0.2, 0) is 0 Å². The van der Waals surface area contributed by atoms with Gasteiger partial charge < -0.3 is 5.73 Å². The minimum atomic E-state index is -5.62. The zero-order chi connectivity index (χ0) is 11.9. The molecule has 0 radical (unpaired) electrons. The Morgan fingerprint density at radius 2 is 1.75 bits per heavy atom. The molecule has 0 unspecified atom stereocenters. The molecular weight excluding hydrogens is 273 g/mol. The fourth-order valence-corrected chi connectivity index (χ4v) is 2.01. The molecule has 1 rings (SSSR count). The van der Waals surface area contributed by atoms with Crippen LogP contribution >= 0.6 is 23.7 Å². The molecule has 2 N–H and O–H groups in total. The van der Waals surface area contributed by atoms with E-state index in [2.05, 4.69) is 0 Å². The van der Waals surface area contributed by atoms with Crippen LogP contribution in [0.4, 0.5) is 22.0 Å². The summed E-state index contributed by atoms with van der Waals surface area (Å²) in [5.74, 6) is -4.90. The molecule has 0 spiro atoms. The Kier molecular flexibility index (Phi) is 4.73. The molecule has 94 valence electrons. The third-order valence-corrected chi connectivity index (χ3v) is 3.05. The van der Waals surface area contributed by atoms with Gasteiger partial charge in [-0.25, -0.2) is 0 Å². The predicted molar refractivity (Wildman–Crippen MR) is 54.2 cm³/mol. The van der Waals surface area contributed by atoms with Gasteiger partial charge in [-0.3, -0.25) is 0 Å². The van der Waals surface area contributed by atoms with E-state index in [1.54, 1.807) is 0 Å². The standard InChI is InChI=1S/C8H8F5NS.ClH/c1-4-2-3-15-5(4)6(14)7(9,10)8(11,12)13;/h2-3,6H,14H2,1H3;1H/t6-;/m0./s1. The summed E-state index contributed by atoms with van der Waals surface area (Å²) in [6.07, 6.45) is -5.62. The fraction of sp³-hybridized carbons (Fsp3) is 0.500.